The van der Waals surface area contributed by atoms with E-state index in [1.165, 1.54) is 6.92 Å². The largest absolute Gasteiger partial charge is 0.333 e. The number of nitrogens with zero attached hydrogens (tertiary/aromatic N) is 3. The van der Waals surface area contributed by atoms with Gasteiger partial charge in [-0.25, -0.2) is 0 Å². The van der Waals surface area contributed by atoms with Gasteiger partial charge in [-0.15, -0.1) is 0 Å². The molecule has 2 heterocycles. The molecule has 0 fully saturated rings. The summed E-state index contributed by atoms with van der Waals surface area (Å²) in [5.41, 5.74) is 0.575. The van der Waals surface area contributed by atoms with Crippen molar-refractivity contribution in [2.45, 2.75) is 32.9 Å². The zero-order valence-corrected chi connectivity index (χ0v) is 9.94. The van der Waals surface area contributed by atoms with Gasteiger partial charge in [0.2, 0.25) is 0 Å². The second kappa shape index (κ2) is 3.17. The van der Waals surface area contributed by atoms with Crippen LogP contribution in [0.25, 0.3) is 0 Å². The molecule has 0 bridgehead atoms. The molecule has 1 aliphatic heterocycles. The van der Waals surface area contributed by atoms with Crippen LogP contribution in [0.2, 0.25) is 0 Å². The van der Waals surface area contributed by atoms with Gasteiger partial charge in [0, 0.05) is 20.0 Å². The molecule has 5 nitrogen and oxygen atoms in total. The van der Waals surface area contributed by atoms with Gasteiger partial charge in [-0.1, -0.05) is 0 Å². The van der Waals surface area contributed by atoms with E-state index in [1.54, 1.807) is 22.7 Å². The number of rotatable bonds is 1. The number of hydrogen-bond acceptors (Lipinski definition) is 3. The Labute approximate surface area is 94.0 Å². The third kappa shape index (κ3) is 1.43. The monoisotopic (exact) mass is 221 g/mol. The van der Waals surface area contributed by atoms with Crippen molar-refractivity contribution >= 4 is 11.7 Å². The molecule has 5 heteroatoms. The SMILES string of the molecule is CC(=O)c1cc2n(n1)CC(C)(C)N(C)C2=O. The predicted octanol–water partition coefficient (Wildman–Crippen LogP) is 0.950. The van der Waals surface area contributed by atoms with Gasteiger partial charge in [0.1, 0.15) is 11.4 Å². The molecule has 0 atom stereocenters. The molecule has 1 aromatic rings. The Morgan fingerprint density at radius 3 is 2.69 bits per heavy atom. The van der Waals surface area contributed by atoms with Gasteiger partial charge >= 0.3 is 0 Å². The molecule has 0 saturated carbocycles. The van der Waals surface area contributed by atoms with E-state index in [1.807, 2.05) is 13.8 Å². The second-order valence-corrected chi connectivity index (χ2v) is 4.81. The molecule has 0 N–H and O–H groups in total. The molecule has 16 heavy (non-hydrogen) atoms. The molecular formula is C11H15N3O2. The zero-order valence-electron chi connectivity index (χ0n) is 9.94. The van der Waals surface area contributed by atoms with Crippen LogP contribution in [0.5, 0.6) is 0 Å². The maximum atomic E-state index is 12.0. The summed E-state index contributed by atoms with van der Waals surface area (Å²) >= 11 is 0. The summed E-state index contributed by atoms with van der Waals surface area (Å²) in [4.78, 5) is 24.9. The first-order valence-corrected chi connectivity index (χ1v) is 5.20. The molecule has 2 rings (SSSR count). The number of carbonyl (C=O) groups excluding carboxylic acids is 2. The zero-order chi connectivity index (χ0) is 12.1. The lowest BCUT2D eigenvalue weighted by molar-refractivity contribution is 0.0493. The van der Waals surface area contributed by atoms with E-state index in [4.69, 9.17) is 0 Å². The van der Waals surface area contributed by atoms with Gasteiger partial charge in [-0.2, -0.15) is 5.10 Å². The highest BCUT2D eigenvalue weighted by Crippen LogP contribution is 2.24. The molecular weight excluding hydrogens is 206 g/mol. The Bertz CT molecular complexity index is 474. The quantitative estimate of drug-likeness (QED) is 0.663. The van der Waals surface area contributed by atoms with Crippen molar-refractivity contribution in [2.24, 2.45) is 0 Å². The van der Waals surface area contributed by atoms with Crippen molar-refractivity contribution in [3.63, 3.8) is 0 Å². The van der Waals surface area contributed by atoms with Gasteiger partial charge in [-0.3, -0.25) is 14.3 Å². The summed E-state index contributed by atoms with van der Waals surface area (Å²) in [6, 6.07) is 1.57. The molecule has 86 valence electrons. The van der Waals surface area contributed by atoms with E-state index in [9.17, 15) is 9.59 Å². The first-order chi connectivity index (χ1) is 7.33. The number of ketones is 1. The Kier molecular flexibility index (Phi) is 2.15. The minimum absolute atomic E-state index is 0.0868. The van der Waals surface area contributed by atoms with Crippen molar-refractivity contribution in [3.05, 3.63) is 17.5 Å². The van der Waals surface area contributed by atoms with Crippen LogP contribution >= 0.6 is 0 Å². The minimum atomic E-state index is -0.274. The van der Waals surface area contributed by atoms with Crippen molar-refractivity contribution in [3.8, 4) is 0 Å². The summed E-state index contributed by atoms with van der Waals surface area (Å²) in [5.74, 6) is -0.202. The van der Waals surface area contributed by atoms with E-state index < -0.39 is 0 Å². The van der Waals surface area contributed by atoms with E-state index in [0.717, 1.165) is 0 Å². The standard InChI is InChI=1S/C11H15N3O2/c1-7(15)8-5-9-10(16)13(4)11(2,3)6-14(9)12-8/h5H,6H2,1-4H3. The van der Waals surface area contributed by atoms with Crippen molar-refractivity contribution in [2.75, 3.05) is 7.05 Å². The maximum Gasteiger partial charge on any atom is 0.272 e. The molecule has 1 aliphatic rings. The van der Waals surface area contributed by atoms with Crippen molar-refractivity contribution in [1.82, 2.24) is 14.7 Å². The Balaban J connectivity index is 2.52. The summed E-state index contributed by atoms with van der Waals surface area (Å²) in [6.07, 6.45) is 0. The molecule has 1 aromatic heterocycles. The number of Topliss-reactive ketones (excluding diaryl/α,β-unsaturated/α-hetero) is 1. The molecule has 0 spiro atoms. The average molecular weight is 221 g/mol. The minimum Gasteiger partial charge on any atom is -0.333 e. The van der Waals surface area contributed by atoms with Gasteiger partial charge < -0.3 is 4.90 Å². The topological polar surface area (TPSA) is 55.2 Å². The number of aromatic nitrogens is 2. The number of fused-ring (bicyclic) bond motifs is 1. The maximum absolute atomic E-state index is 12.0. The van der Waals surface area contributed by atoms with Gasteiger partial charge in [0.25, 0.3) is 5.91 Å². The Morgan fingerprint density at radius 2 is 2.12 bits per heavy atom. The highest BCUT2D eigenvalue weighted by molar-refractivity contribution is 5.98. The fourth-order valence-electron chi connectivity index (χ4n) is 1.80. The van der Waals surface area contributed by atoms with E-state index in [0.29, 0.717) is 17.9 Å². The van der Waals surface area contributed by atoms with Crippen LogP contribution in [0.15, 0.2) is 6.07 Å². The van der Waals surface area contributed by atoms with Crippen LogP contribution in [-0.2, 0) is 6.54 Å². The van der Waals surface area contributed by atoms with E-state index in [2.05, 4.69) is 5.10 Å². The first kappa shape index (κ1) is 10.9. The van der Waals surface area contributed by atoms with Crippen LogP contribution in [0.4, 0.5) is 0 Å². The summed E-state index contributed by atoms with van der Waals surface area (Å²) in [5, 5.41) is 4.15. The summed E-state index contributed by atoms with van der Waals surface area (Å²) in [7, 11) is 1.77. The van der Waals surface area contributed by atoms with Crippen LogP contribution in [0.1, 0.15) is 41.7 Å². The first-order valence-electron chi connectivity index (χ1n) is 5.20. The summed E-state index contributed by atoms with van der Waals surface area (Å²) in [6.45, 7) is 6.01. The Hall–Kier alpha value is -1.65. The molecule has 1 amide bonds. The smallest absolute Gasteiger partial charge is 0.272 e. The van der Waals surface area contributed by atoms with Gasteiger partial charge in [-0.05, 0) is 13.8 Å². The summed E-state index contributed by atoms with van der Waals surface area (Å²) < 4.78 is 1.62. The highest BCUT2D eigenvalue weighted by Gasteiger charge is 2.37. The molecule has 0 saturated heterocycles. The fraction of sp³-hybridized carbons (Fsp3) is 0.545. The number of likely N-dealkylation sites (N-methyl/N-ethyl adjacent to an activating group) is 1. The predicted molar refractivity (Wildman–Crippen MR) is 58.4 cm³/mol. The van der Waals surface area contributed by atoms with Crippen LogP contribution in [0, 0.1) is 0 Å². The van der Waals surface area contributed by atoms with E-state index in [-0.39, 0.29) is 17.2 Å². The molecule has 0 radical (unpaired) electrons. The second-order valence-electron chi connectivity index (χ2n) is 4.81. The van der Waals surface area contributed by atoms with Crippen molar-refractivity contribution < 1.29 is 9.59 Å². The normalized spacial score (nSPS) is 18.5. The lowest BCUT2D eigenvalue weighted by Gasteiger charge is -2.39. The number of hydrogen-bond donors (Lipinski definition) is 0. The number of amides is 1. The third-order valence-corrected chi connectivity index (χ3v) is 3.11. The highest BCUT2D eigenvalue weighted by atomic mass is 16.2. The lowest BCUT2D eigenvalue weighted by atomic mass is 10.0. The van der Waals surface area contributed by atoms with Gasteiger partial charge in [0.15, 0.2) is 5.78 Å². The average Bonchev–Trinajstić information content (AvgIpc) is 2.57. The van der Waals surface area contributed by atoms with Crippen LogP contribution in [0.3, 0.4) is 0 Å². The van der Waals surface area contributed by atoms with Gasteiger partial charge in [0.05, 0.1) is 12.1 Å². The third-order valence-electron chi connectivity index (χ3n) is 3.11. The number of carbonyl (C=O) groups is 2. The lowest BCUT2D eigenvalue weighted by Crippen LogP contribution is -2.52. The van der Waals surface area contributed by atoms with Crippen LogP contribution < -0.4 is 0 Å². The Morgan fingerprint density at radius 1 is 1.50 bits per heavy atom. The van der Waals surface area contributed by atoms with Crippen LogP contribution in [-0.4, -0.2) is 39.0 Å². The van der Waals surface area contributed by atoms with Crippen molar-refractivity contribution in [1.29, 1.82) is 0 Å². The molecule has 0 aliphatic carbocycles. The van der Waals surface area contributed by atoms with E-state index >= 15 is 0 Å². The molecule has 0 aromatic carbocycles. The molecule has 0 unspecified atom stereocenters. The fourth-order valence-corrected chi connectivity index (χ4v) is 1.80.